The SMILES string of the molecule is c1ccc(-c2ccc(-c3nc(-c4ccccc4)nc(N(c4ccc(-c5ccccc5)cc4)c4cccc5c4oc4ccccc45)n3)cc2)cc1. The fourth-order valence-corrected chi connectivity index (χ4v) is 6.46. The van der Waals surface area contributed by atoms with Crippen molar-refractivity contribution in [1.29, 1.82) is 0 Å². The molecule has 2 heterocycles. The van der Waals surface area contributed by atoms with Gasteiger partial charge in [0, 0.05) is 27.6 Å². The lowest BCUT2D eigenvalue weighted by atomic mass is 10.0. The molecule has 5 heteroatoms. The number of rotatable bonds is 7. The molecule has 2 aromatic heterocycles. The highest BCUT2D eigenvalue weighted by Gasteiger charge is 2.23. The topological polar surface area (TPSA) is 55.1 Å². The zero-order chi connectivity index (χ0) is 33.3. The third kappa shape index (κ3) is 5.47. The normalized spacial score (nSPS) is 11.2. The lowest BCUT2D eigenvalue weighted by Crippen LogP contribution is -2.15. The van der Waals surface area contributed by atoms with Crippen LogP contribution in [-0.4, -0.2) is 15.0 Å². The number of furan rings is 1. The molecule has 236 valence electrons. The van der Waals surface area contributed by atoms with E-state index in [0.29, 0.717) is 17.6 Å². The second-order valence-corrected chi connectivity index (χ2v) is 12.1. The van der Waals surface area contributed by atoms with Crippen molar-refractivity contribution in [2.24, 2.45) is 0 Å². The molecule has 0 saturated carbocycles. The van der Waals surface area contributed by atoms with Crippen molar-refractivity contribution in [3.05, 3.63) is 182 Å². The number of para-hydroxylation sites is 2. The molecule has 0 saturated heterocycles. The van der Waals surface area contributed by atoms with E-state index in [1.54, 1.807) is 0 Å². The minimum absolute atomic E-state index is 0.487. The summed E-state index contributed by atoms with van der Waals surface area (Å²) >= 11 is 0. The van der Waals surface area contributed by atoms with E-state index >= 15 is 0 Å². The van der Waals surface area contributed by atoms with Gasteiger partial charge in [-0.25, -0.2) is 4.98 Å². The Balaban J connectivity index is 1.25. The van der Waals surface area contributed by atoms with Crippen molar-refractivity contribution in [3.63, 3.8) is 0 Å². The quantitative estimate of drug-likeness (QED) is 0.173. The van der Waals surface area contributed by atoms with Gasteiger partial charge in [-0.1, -0.05) is 158 Å². The summed E-state index contributed by atoms with van der Waals surface area (Å²) in [5, 5.41) is 2.08. The first-order valence-electron chi connectivity index (χ1n) is 16.6. The Morgan fingerprint density at radius 3 is 1.44 bits per heavy atom. The summed E-state index contributed by atoms with van der Waals surface area (Å²) in [4.78, 5) is 17.4. The van der Waals surface area contributed by atoms with Crippen LogP contribution in [0.2, 0.25) is 0 Å². The van der Waals surface area contributed by atoms with E-state index in [2.05, 4.69) is 126 Å². The molecule has 0 radical (unpaired) electrons. The van der Waals surface area contributed by atoms with Crippen LogP contribution in [0, 0.1) is 0 Å². The number of hydrogen-bond acceptors (Lipinski definition) is 5. The molecular formula is C45H30N4O. The Morgan fingerprint density at radius 2 is 0.820 bits per heavy atom. The minimum atomic E-state index is 0.487. The number of benzene rings is 7. The van der Waals surface area contributed by atoms with Gasteiger partial charge in [0.05, 0.1) is 5.69 Å². The Morgan fingerprint density at radius 1 is 0.360 bits per heavy atom. The highest BCUT2D eigenvalue weighted by atomic mass is 16.3. The van der Waals surface area contributed by atoms with Gasteiger partial charge in [0.1, 0.15) is 5.58 Å². The monoisotopic (exact) mass is 642 g/mol. The Bertz CT molecular complexity index is 2560. The number of anilines is 3. The van der Waals surface area contributed by atoms with Crippen LogP contribution in [0.25, 0.3) is 67.0 Å². The molecule has 0 N–H and O–H groups in total. The average molecular weight is 643 g/mol. The predicted octanol–water partition coefficient (Wildman–Crippen LogP) is 11.9. The van der Waals surface area contributed by atoms with Gasteiger partial charge in [-0.15, -0.1) is 0 Å². The fraction of sp³-hybridized carbons (Fsp3) is 0. The molecule has 0 atom stereocenters. The molecule has 50 heavy (non-hydrogen) atoms. The van der Waals surface area contributed by atoms with Gasteiger partial charge in [-0.2, -0.15) is 9.97 Å². The van der Waals surface area contributed by atoms with Gasteiger partial charge in [0.15, 0.2) is 17.2 Å². The summed E-state index contributed by atoms with van der Waals surface area (Å²) in [5.74, 6) is 1.65. The maximum absolute atomic E-state index is 6.57. The zero-order valence-electron chi connectivity index (χ0n) is 27.0. The largest absolute Gasteiger partial charge is 0.454 e. The second-order valence-electron chi connectivity index (χ2n) is 12.1. The van der Waals surface area contributed by atoms with E-state index in [0.717, 1.165) is 66.7 Å². The van der Waals surface area contributed by atoms with Gasteiger partial charge >= 0.3 is 0 Å². The lowest BCUT2D eigenvalue weighted by Gasteiger charge is -2.24. The molecule has 0 aliphatic rings. The molecule has 9 rings (SSSR count). The van der Waals surface area contributed by atoms with E-state index < -0.39 is 0 Å². The van der Waals surface area contributed by atoms with Gasteiger partial charge < -0.3 is 4.42 Å². The van der Waals surface area contributed by atoms with E-state index in [1.807, 2.05) is 60.7 Å². The Labute approximate surface area is 289 Å². The summed E-state index contributed by atoms with van der Waals surface area (Å²) in [7, 11) is 0. The third-order valence-corrected chi connectivity index (χ3v) is 8.96. The number of aromatic nitrogens is 3. The molecule has 0 spiro atoms. The van der Waals surface area contributed by atoms with Crippen LogP contribution >= 0.6 is 0 Å². The van der Waals surface area contributed by atoms with Crippen molar-refractivity contribution in [3.8, 4) is 45.0 Å². The summed E-state index contributed by atoms with van der Waals surface area (Å²) in [6.07, 6.45) is 0. The van der Waals surface area contributed by atoms with Crippen LogP contribution < -0.4 is 4.90 Å². The first kappa shape index (κ1) is 29.3. The zero-order valence-corrected chi connectivity index (χ0v) is 27.0. The first-order chi connectivity index (χ1) is 24.8. The van der Waals surface area contributed by atoms with Gasteiger partial charge in [0.25, 0.3) is 0 Å². The van der Waals surface area contributed by atoms with Crippen molar-refractivity contribution >= 4 is 39.3 Å². The summed E-state index contributed by atoms with van der Waals surface area (Å²) in [6, 6.07) is 62.1. The van der Waals surface area contributed by atoms with Crippen LogP contribution in [0.1, 0.15) is 0 Å². The van der Waals surface area contributed by atoms with Crippen LogP contribution in [0.5, 0.6) is 0 Å². The standard InChI is InChI=1S/C45H30N4O/c1-4-13-31(14-5-1)33-23-25-36(26-24-33)44-46-43(35-17-8-3-9-18-35)47-45(48-44)49(37-29-27-34(28-30-37)32-15-6-2-7-16-32)40-21-12-20-39-38-19-10-11-22-41(38)50-42(39)40/h1-30H. The van der Waals surface area contributed by atoms with E-state index in [9.17, 15) is 0 Å². The highest BCUT2D eigenvalue weighted by Crippen LogP contribution is 2.42. The minimum Gasteiger partial charge on any atom is -0.454 e. The fourth-order valence-electron chi connectivity index (χ4n) is 6.46. The van der Waals surface area contributed by atoms with Gasteiger partial charge in [-0.3, -0.25) is 4.90 Å². The lowest BCUT2D eigenvalue weighted by molar-refractivity contribution is 0.669. The summed E-state index contributed by atoms with van der Waals surface area (Å²) in [5.41, 5.74) is 9.67. The third-order valence-electron chi connectivity index (χ3n) is 8.96. The smallest absolute Gasteiger partial charge is 0.238 e. The number of nitrogens with zero attached hydrogens (tertiary/aromatic N) is 4. The maximum atomic E-state index is 6.57. The predicted molar refractivity (Wildman–Crippen MR) is 204 cm³/mol. The molecule has 5 nitrogen and oxygen atoms in total. The van der Waals surface area contributed by atoms with Crippen LogP contribution in [-0.2, 0) is 0 Å². The summed E-state index contributed by atoms with van der Waals surface area (Å²) in [6.45, 7) is 0. The molecule has 9 aromatic rings. The Hall–Kier alpha value is -6.85. The summed E-state index contributed by atoms with van der Waals surface area (Å²) < 4.78 is 6.57. The van der Waals surface area contributed by atoms with E-state index in [1.165, 1.54) is 0 Å². The Kier molecular flexibility index (Phi) is 7.41. The van der Waals surface area contributed by atoms with Crippen molar-refractivity contribution in [2.45, 2.75) is 0 Å². The van der Waals surface area contributed by atoms with E-state index in [-0.39, 0.29) is 0 Å². The molecular weight excluding hydrogens is 613 g/mol. The van der Waals surface area contributed by atoms with E-state index in [4.69, 9.17) is 19.4 Å². The number of hydrogen-bond donors (Lipinski definition) is 0. The van der Waals surface area contributed by atoms with Crippen molar-refractivity contribution in [2.75, 3.05) is 4.90 Å². The first-order valence-corrected chi connectivity index (χ1v) is 16.6. The molecule has 7 aromatic carbocycles. The van der Waals surface area contributed by atoms with Gasteiger partial charge in [0.2, 0.25) is 5.95 Å². The van der Waals surface area contributed by atoms with Gasteiger partial charge in [-0.05, 0) is 46.5 Å². The molecule has 0 fully saturated rings. The van der Waals surface area contributed by atoms with Crippen molar-refractivity contribution < 1.29 is 4.42 Å². The molecule has 0 bridgehead atoms. The van der Waals surface area contributed by atoms with Crippen LogP contribution in [0.15, 0.2) is 186 Å². The highest BCUT2D eigenvalue weighted by molar-refractivity contribution is 6.10. The molecule has 0 amide bonds. The average Bonchev–Trinajstić information content (AvgIpc) is 3.59. The van der Waals surface area contributed by atoms with Crippen LogP contribution in [0.3, 0.4) is 0 Å². The molecule has 0 aliphatic heterocycles. The van der Waals surface area contributed by atoms with Crippen LogP contribution in [0.4, 0.5) is 17.3 Å². The maximum Gasteiger partial charge on any atom is 0.238 e. The second kappa shape index (κ2) is 12.6. The number of fused-ring (bicyclic) bond motifs is 3. The molecule has 0 aliphatic carbocycles. The molecule has 0 unspecified atom stereocenters. The van der Waals surface area contributed by atoms with Crippen molar-refractivity contribution in [1.82, 2.24) is 15.0 Å².